The van der Waals surface area contributed by atoms with Crippen LogP contribution in [-0.4, -0.2) is 31.1 Å². The van der Waals surface area contributed by atoms with Crippen LogP contribution in [0.1, 0.15) is 54.0 Å². The maximum Gasteiger partial charge on any atom is 0.318 e. The van der Waals surface area contributed by atoms with Crippen LogP contribution in [0.5, 0.6) is 11.5 Å². The Balaban J connectivity index is 0.000000562. The van der Waals surface area contributed by atoms with Gasteiger partial charge >= 0.3 is 6.03 Å². The fourth-order valence-electron chi connectivity index (χ4n) is 2.42. The molecule has 2 aromatic rings. The third kappa shape index (κ3) is 12.3. The van der Waals surface area contributed by atoms with E-state index in [4.69, 9.17) is 9.47 Å². The Hall–Kier alpha value is -3.02. The highest BCUT2D eigenvalue weighted by molar-refractivity contribution is 5.89. The third-order valence-corrected chi connectivity index (χ3v) is 3.78. The van der Waals surface area contributed by atoms with E-state index in [9.17, 15) is 9.59 Å². The lowest BCUT2D eigenvalue weighted by molar-refractivity contribution is -0.118. The summed E-state index contributed by atoms with van der Waals surface area (Å²) in [6.07, 6.45) is 1.44. The van der Waals surface area contributed by atoms with E-state index in [1.807, 2.05) is 77.1 Å². The molecule has 0 fully saturated rings. The molecule has 2 aromatic carbocycles. The van der Waals surface area contributed by atoms with Crippen molar-refractivity contribution in [2.75, 3.05) is 12.4 Å². The lowest BCUT2D eigenvalue weighted by Crippen LogP contribution is -2.24. The fourth-order valence-corrected chi connectivity index (χ4v) is 2.42. The van der Waals surface area contributed by atoms with E-state index >= 15 is 0 Å². The van der Waals surface area contributed by atoms with Gasteiger partial charge in [-0.05, 0) is 57.5 Å². The fraction of sp³-hybridized carbons (Fsp3) is 0.440. The lowest BCUT2D eigenvalue weighted by atomic mass is 10.1. The summed E-state index contributed by atoms with van der Waals surface area (Å²) in [6.45, 7) is 9.79. The Morgan fingerprint density at radius 3 is 2.00 bits per heavy atom. The molecule has 31 heavy (non-hydrogen) atoms. The number of rotatable bonds is 8. The minimum Gasteiger partial charge on any atom is -0.491 e. The standard InChI is InChI=1S/C13H18O2.C11H16N2O2.CH4/c1-4-12(14)9-11-5-7-13(8-6-11)15-10(2)3;1-8(2)15-10-6-4-5-9(7-10)13-11(14)12-3;/h5-8,10H,4,9H2,1-3H3;4-8H,1-3H3,(H2,12,13,14);1H4. The molecule has 0 atom stereocenters. The van der Waals surface area contributed by atoms with Gasteiger partial charge in [0.05, 0.1) is 12.2 Å². The van der Waals surface area contributed by atoms with Crippen LogP contribution in [0.15, 0.2) is 48.5 Å². The van der Waals surface area contributed by atoms with E-state index in [-0.39, 0.29) is 31.4 Å². The first kappa shape index (κ1) is 28.0. The zero-order valence-corrected chi connectivity index (χ0v) is 18.8. The number of Topliss-reactive ketones (excluding diaryl/α,β-unsaturated/α-hetero) is 1. The molecule has 2 rings (SSSR count). The number of carbonyl (C=O) groups is 2. The smallest absolute Gasteiger partial charge is 0.318 e. The van der Waals surface area contributed by atoms with Gasteiger partial charge in [-0.3, -0.25) is 4.79 Å². The topological polar surface area (TPSA) is 76.7 Å². The molecule has 6 heteroatoms. The van der Waals surface area contributed by atoms with Crippen molar-refractivity contribution in [2.24, 2.45) is 0 Å². The summed E-state index contributed by atoms with van der Waals surface area (Å²) in [5.74, 6) is 1.88. The molecule has 6 nitrogen and oxygen atoms in total. The van der Waals surface area contributed by atoms with Crippen LogP contribution in [0.4, 0.5) is 10.5 Å². The van der Waals surface area contributed by atoms with Gasteiger partial charge in [-0.15, -0.1) is 0 Å². The van der Waals surface area contributed by atoms with E-state index in [2.05, 4.69) is 10.6 Å². The maximum atomic E-state index is 11.2. The van der Waals surface area contributed by atoms with Gasteiger partial charge in [0.1, 0.15) is 17.3 Å². The van der Waals surface area contributed by atoms with Crippen molar-refractivity contribution in [3.63, 3.8) is 0 Å². The van der Waals surface area contributed by atoms with Crippen molar-refractivity contribution in [1.82, 2.24) is 5.32 Å². The van der Waals surface area contributed by atoms with Crippen molar-refractivity contribution in [3.05, 3.63) is 54.1 Å². The molecule has 172 valence electrons. The summed E-state index contributed by atoms with van der Waals surface area (Å²) in [7, 11) is 1.57. The van der Waals surface area contributed by atoms with Gasteiger partial charge in [-0.2, -0.15) is 0 Å². The maximum absolute atomic E-state index is 11.2. The molecule has 2 amide bonds. The predicted octanol–water partition coefficient (Wildman–Crippen LogP) is 5.86. The number of ketones is 1. The van der Waals surface area contributed by atoms with E-state index in [1.54, 1.807) is 13.1 Å². The second kappa shape index (κ2) is 14.9. The number of hydrogen-bond acceptors (Lipinski definition) is 4. The average molecular weight is 431 g/mol. The zero-order valence-electron chi connectivity index (χ0n) is 18.8. The zero-order chi connectivity index (χ0) is 22.5. The van der Waals surface area contributed by atoms with Crippen molar-refractivity contribution in [3.8, 4) is 11.5 Å². The molecule has 0 bridgehead atoms. The first-order valence-electron chi connectivity index (χ1n) is 10.3. The minimum absolute atomic E-state index is 0. The first-order chi connectivity index (χ1) is 14.2. The summed E-state index contributed by atoms with van der Waals surface area (Å²) >= 11 is 0. The summed E-state index contributed by atoms with van der Waals surface area (Å²) < 4.78 is 11.0. The SMILES string of the molecule is C.CCC(=O)Cc1ccc(OC(C)C)cc1.CNC(=O)Nc1cccc(OC(C)C)c1. The van der Waals surface area contributed by atoms with Crippen LogP contribution in [-0.2, 0) is 11.2 Å². The van der Waals surface area contributed by atoms with Gasteiger partial charge in [0.25, 0.3) is 0 Å². The Bertz CT molecular complexity index is 786. The molecule has 0 saturated carbocycles. The van der Waals surface area contributed by atoms with Crippen molar-refractivity contribution in [1.29, 1.82) is 0 Å². The van der Waals surface area contributed by atoms with Crippen LogP contribution in [0.3, 0.4) is 0 Å². The Morgan fingerprint density at radius 2 is 1.48 bits per heavy atom. The normalized spacial score (nSPS) is 9.81. The Morgan fingerprint density at radius 1 is 0.903 bits per heavy atom. The van der Waals surface area contributed by atoms with E-state index in [1.165, 1.54) is 0 Å². The van der Waals surface area contributed by atoms with Crippen LogP contribution >= 0.6 is 0 Å². The molecule has 0 aromatic heterocycles. The van der Waals surface area contributed by atoms with Gasteiger partial charge in [0, 0.05) is 31.6 Å². The molecule has 0 heterocycles. The largest absolute Gasteiger partial charge is 0.491 e. The Kier molecular flexibility index (Phi) is 13.4. The van der Waals surface area contributed by atoms with Crippen molar-refractivity contribution >= 4 is 17.5 Å². The lowest BCUT2D eigenvalue weighted by Gasteiger charge is -2.11. The number of anilines is 1. The molecule has 0 aliphatic carbocycles. The molecule has 0 spiro atoms. The van der Waals surface area contributed by atoms with Crippen molar-refractivity contribution < 1.29 is 19.1 Å². The van der Waals surface area contributed by atoms with Gasteiger partial charge in [-0.1, -0.05) is 32.5 Å². The molecule has 2 N–H and O–H groups in total. The molecule has 0 saturated heterocycles. The number of amides is 2. The highest BCUT2D eigenvalue weighted by atomic mass is 16.5. The van der Waals surface area contributed by atoms with Gasteiger partial charge < -0.3 is 20.1 Å². The number of urea groups is 1. The van der Waals surface area contributed by atoms with Gasteiger partial charge in [0.2, 0.25) is 0 Å². The molecule has 0 unspecified atom stereocenters. The predicted molar refractivity (Wildman–Crippen MR) is 128 cm³/mol. The molecular weight excluding hydrogens is 392 g/mol. The van der Waals surface area contributed by atoms with Crippen molar-refractivity contribution in [2.45, 2.75) is 67.1 Å². The van der Waals surface area contributed by atoms with Gasteiger partial charge in [0.15, 0.2) is 0 Å². The number of carbonyl (C=O) groups excluding carboxylic acids is 2. The molecule has 0 aliphatic rings. The summed E-state index contributed by atoms with van der Waals surface area (Å²) in [5, 5.41) is 5.16. The Labute approximate surface area is 187 Å². The number of nitrogens with one attached hydrogen (secondary N) is 2. The quantitative estimate of drug-likeness (QED) is 0.550. The van der Waals surface area contributed by atoms with Crippen LogP contribution in [0, 0.1) is 0 Å². The van der Waals surface area contributed by atoms with Gasteiger partial charge in [-0.25, -0.2) is 4.79 Å². The summed E-state index contributed by atoms with van der Waals surface area (Å²) in [5.41, 5.74) is 1.77. The van der Waals surface area contributed by atoms with E-state index in [0.717, 1.165) is 17.1 Å². The molecule has 0 radical (unpaired) electrons. The molecule has 0 aliphatic heterocycles. The van der Waals surface area contributed by atoms with Crippen LogP contribution < -0.4 is 20.1 Å². The third-order valence-electron chi connectivity index (χ3n) is 3.78. The number of ether oxygens (including phenoxy) is 2. The van der Waals surface area contributed by atoms with Crippen LogP contribution in [0.25, 0.3) is 0 Å². The first-order valence-corrected chi connectivity index (χ1v) is 10.3. The minimum atomic E-state index is -0.239. The second-order valence-corrected chi connectivity index (χ2v) is 7.28. The van der Waals surface area contributed by atoms with E-state index < -0.39 is 0 Å². The highest BCUT2D eigenvalue weighted by Crippen LogP contribution is 2.18. The van der Waals surface area contributed by atoms with Crippen LogP contribution in [0.2, 0.25) is 0 Å². The second-order valence-electron chi connectivity index (χ2n) is 7.28. The summed E-state index contributed by atoms with van der Waals surface area (Å²) in [6, 6.07) is 14.8. The number of benzene rings is 2. The highest BCUT2D eigenvalue weighted by Gasteiger charge is 2.03. The van der Waals surface area contributed by atoms with E-state index in [0.29, 0.717) is 18.5 Å². The number of hydrogen-bond donors (Lipinski definition) is 2. The molecular formula is C25H38N2O4. The monoisotopic (exact) mass is 430 g/mol. The summed E-state index contributed by atoms with van der Waals surface area (Å²) in [4.78, 5) is 22.3. The average Bonchev–Trinajstić information content (AvgIpc) is 2.69.